The predicted octanol–water partition coefficient (Wildman–Crippen LogP) is 3.52. The molecular formula is C29H34ClN3O5. The molecule has 2 bridgehead atoms. The fourth-order valence-electron chi connectivity index (χ4n) is 6.39. The number of nitrogens with one attached hydrogen (secondary N) is 2. The van der Waals surface area contributed by atoms with E-state index in [1.165, 1.54) is 0 Å². The summed E-state index contributed by atoms with van der Waals surface area (Å²) >= 11 is 6.01. The van der Waals surface area contributed by atoms with E-state index in [1.54, 1.807) is 29.2 Å². The number of likely N-dealkylation sites (tertiary alicyclic amines) is 1. The molecule has 2 aromatic carbocycles. The molecular weight excluding hydrogens is 506 g/mol. The number of ether oxygens (including phenoxy) is 1. The van der Waals surface area contributed by atoms with Crippen molar-refractivity contribution in [1.29, 1.82) is 0 Å². The second kappa shape index (κ2) is 11.4. The van der Waals surface area contributed by atoms with Gasteiger partial charge in [-0.15, -0.1) is 0 Å². The van der Waals surface area contributed by atoms with E-state index in [9.17, 15) is 14.4 Å². The molecule has 3 aliphatic heterocycles. The Labute approximate surface area is 227 Å². The Morgan fingerprint density at radius 3 is 2.50 bits per heavy atom. The van der Waals surface area contributed by atoms with Crippen molar-refractivity contribution >= 4 is 35.0 Å². The molecule has 2 unspecified atom stereocenters. The van der Waals surface area contributed by atoms with Gasteiger partial charge >= 0.3 is 0 Å². The van der Waals surface area contributed by atoms with E-state index in [0.717, 1.165) is 18.4 Å². The first-order valence-corrected chi connectivity index (χ1v) is 13.8. The molecule has 8 nitrogen and oxygen atoms in total. The van der Waals surface area contributed by atoms with E-state index < -0.39 is 29.6 Å². The average Bonchev–Trinajstić information content (AvgIpc) is 3.56. The van der Waals surface area contributed by atoms with Crippen LogP contribution in [-0.2, 0) is 25.7 Å². The number of hydrogen-bond acceptors (Lipinski definition) is 5. The van der Waals surface area contributed by atoms with Crippen molar-refractivity contribution in [1.82, 2.24) is 10.2 Å². The van der Waals surface area contributed by atoms with Gasteiger partial charge < -0.3 is 25.4 Å². The van der Waals surface area contributed by atoms with Crippen LogP contribution in [0.3, 0.4) is 0 Å². The molecule has 3 fully saturated rings. The van der Waals surface area contributed by atoms with E-state index in [0.29, 0.717) is 49.5 Å². The lowest BCUT2D eigenvalue weighted by molar-refractivity contribution is -0.141. The van der Waals surface area contributed by atoms with Crippen LogP contribution in [0.4, 0.5) is 5.69 Å². The van der Waals surface area contributed by atoms with Gasteiger partial charge in [0.1, 0.15) is 11.6 Å². The zero-order valence-electron chi connectivity index (χ0n) is 21.3. The van der Waals surface area contributed by atoms with E-state index in [2.05, 4.69) is 10.6 Å². The molecule has 38 heavy (non-hydrogen) atoms. The van der Waals surface area contributed by atoms with Gasteiger partial charge in [-0.2, -0.15) is 0 Å². The fraction of sp³-hybridized carbons (Fsp3) is 0.483. The van der Waals surface area contributed by atoms with Crippen LogP contribution >= 0.6 is 11.6 Å². The van der Waals surface area contributed by atoms with E-state index in [-0.39, 0.29) is 24.3 Å². The van der Waals surface area contributed by atoms with Crippen molar-refractivity contribution in [3.05, 3.63) is 65.2 Å². The SMILES string of the molecule is O=C(Nc1ccc(Cl)cc1)C1N(CCCCCCO)C(=O)[C@@H]2[C@H](C(=O)NCc3ccccc3)[C@@H]3CCC12O3. The molecule has 0 saturated carbocycles. The highest BCUT2D eigenvalue weighted by atomic mass is 35.5. The second-order valence-electron chi connectivity index (χ2n) is 10.4. The minimum Gasteiger partial charge on any atom is -0.396 e. The molecule has 3 amide bonds. The third-order valence-corrected chi connectivity index (χ3v) is 8.33. The molecule has 3 saturated heterocycles. The fourth-order valence-corrected chi connectivity index (χ4v) is 6.51. The van der Waals surface area contributed by atoms with Gasteiger partial charge in [-0.1, -0.05) is 54.8 Å². The van der Waals surface area contributed by atoms with Crippen molar-refractivity contribution in [2.24, 2.45) is 11.8 Å². The largest absolute Gasteiger partial charge is 0.396 e. The van der Waals surface area contributed by atoms with Crippen molar-refractivity contribution in [3.63, 3.8) is 0 Å². The Bertz CT molecular complexity index is 1160. The minimum absolute atomic E-state index is 0.134. The lowest BCUT2D eigenvalue weighted by atomic mass is 9.70. The highest BCUT2D eigenvalue weighted by Gasteiger charge is 2.74. The zero-order valence-corrected chi connectivity index (χ0v) is 22.0. The number of nitrogens with zero attached hydrogens (tertiary/aromatic N) is 1. The van der Waals surface area contributed by atoms with Gasteiger partial charge in [0.25, 0.3) is 0 Å². The topological polar surface area (TPSA) is 108 Å². The number of anilines is 1. The standard InChI is InChI=1S/C29H34ClN3O5/c30-20-10-12-21(13-11-20)32-27(36)25-29-15-14-22(38-29)23(26(35)31-18-19-8-4-3-5-9-19)24(29)28(37)33(25)16-6-1-2-7-17-34/h3-5,8-13,22-25,34H,1-2,6-7,14-18H2,(H,31,35)(H,32,36)/t22-,23+,24-,25?,29?/m0/s1. The number of halogens is 1. The smallest absolute Gasteiger partial charge is 0.250 e. The van der Waals surface area contributed by atoms with Crippen molar-refractivity contribution < 1.29 is 24.2 Å². The van der Waals surface area contributed by atoms with Crippen molar-refractivity contribution in [3.8, 4) is 0 Å². The number of aliphatic hydroxyl groups excluding tert-OH is 1. The van der Waals surface area contributed by atoms with Crippen LogP contribution in [0, 0.1) is 11.8 Å². The van der Waals surface area contributed by atoms with Crippen molar-refractivity contribution in [2.75, 3.05) is 18.5 Å². The van der Waals surface area contributed by atoms with Crippen molar-refractivity contribution in [2.45, 2.75) is 62.8 Å². The molecule has 3 heterocycles. The molecule has 0 radical (unpaired) electrons. The molecule has 1 spiro atoms. The van der Waals surface area contributed by atoms with Gasteiger partial charge in [-0.05, 0) is 55.5 Å². The number of fused-ring (bicyclic) bond motifs is 1. The predicted molar refractivity (Wildman–Crippen MR) is 143 cm³/mol. The summed E-state index contributed by atoms with van der Waals surface area (Å²) in [5.74, 6) is -2.05. The summed E-state index contributed by atoms with van der Waals surface area (Å²) < 4.78 is 6.47. The van der Waals surface area contributed by atoms with Crippen LogP contribution in [-0.4, -0.2) is 58.6 Å². The summed E-state index contributed by atoms with van der Waals surface area (Å²) in [5.41, 5.74) is 0.527. The van der Waals surface area contributed by atoms with Crippen LogP contribution < -0.4 is 10.6 Å². The number of benzene rings is 2. The first-order valence-electron chi connectivity index (χ1n) is 13.4. The van der Waals surface area contributed by atoms with Gasteiger partial charge in [0, 0.05) is 30.4 Å². The maximum atomic E-state index is 13.9. The van der Waals surface area contributed by atoms with E-state index in [1.807, 2.05) is 30.3 Å². The van der Waals surface area contributed by atoms with Gasteiger partial charge in [-0.25, -0.2) is 0 Å². The molecule has 5 atom stereocenters. The third kappa shape index (κ3) is 5.05. The second-order valence-corrected chi connectivity index (χ2v) is 10.9. The summed E-state index contributed by atoms with van der Waals surface area (Å²) in [7, 11) is 0. The minimum atomic E-state index is -1.03. The van der Waals surface area contributed by atoms with Crippen LogP contribution in [0.1, 0.15) is 44.1 Å². The number of amides is 3. The first kappa shape index (κ1) is 26.7. The Hall–Kier alpha value is -2.94. The first-order chi connectivity index (χ1) is 18.4. The van der Waals surface area contributed by atoms with Crippen LogP contribution in [0.2, 0.25) is 5.02 Å². The van der Waals surface area contributed by atoms with Gasteiger partial charge in [0.2, 0.25) is 17.7 Å². The molecule has 2 aromatic rings. The molecule has 0 aliphatic carbocycles. The number of unbranched alkanes of at least 4 members (excludes halogenated alkanes) is 3. The average molecular weight is 540 g/mol. The van der Waals surface area contributed by atoms with E-state index in [4.69, 9.17) is 21.4 Å². The van der Waals surface area contributed by atoms with E-state index >= 15 is 0 Å². The number of aliphatic hydroxyl groups is 1. The van der Waals surface area contributed by atoms with Gasteiger partial charge in [0.05, 0.1) is 17.9 Å². The number of rotatable bonds is 11. The summed E-state index contributed by atoms with van der Waals surface area (Å²) in [6.45, 7) is 0.897. The Morgan fingerprint density at radius 2 is 1.76 bits per heavy atom. The number of hydrogen-bond donors (Lipinski definition) is 3. The zero-order chi connectivity index (χ0) is 26.7. The highest BCUT2D eigenvalue weighted by molar-refractivity contribution is 6.30. The summed E-state index contributed by atoms with van der Waals surface area (Å²) in [6.07, 6.45) is 3.87. The monoisotopic (exact) mass is 539 g/mol. The molecule has 202 valence electrons. The Balaban J connectivity index is 1.37. The molecule has 3 N–H and O–H groups in total. The lowest BCUT2D eigenvalue weighted by Gasteiger charge is -2.33. The Kier molecular flexibility index (Phi) is 8.02. The summed E-state index contributed by atoms with van der Waals surface area (Å²) in [6, 6.07) is 15.6. The maximum Gasteiger partial charge on any atom is 0.250 e. The van der Waals surface area contributed by atoms with Crippen LogP contribution in [0.15, 0.2) is 54.6 Å². The molecule has 9 heteroatoms. The summed E-state index contributed by atoms with van der Waals surface area (Å²) in [4.78, 5) is 42.7. The normalized spacial score (nSPS) is 27.4. The van der Waals surface area contributed by atoms with Crippen LogP contribution in [0.25, 0.3) is 0 Å². The lowest BCUT2D eigenvalue weighted by Crippen LogP contribution is -2.53. The highest BCUT2D eigenvalue weighted by Crippen LogP contribution is 2.58. The Morgan fingerprint density at radius 1 is 1.03 bits per heavy atom. The number of carbonyl (C=O) groups is 3. The van der Waals surface area contributed by atoms with Gasteiger partial charge in [0.15, 0.2) is 0 Å². The van der Waals surface area contributed by atoms with Gasteiger partial charge in [-0.3, -0.25) is 14.4 Å². The molecule has 5 rings (SSSR count). The molecule has 3 aliphatic rings. The molecule has 0 aromatic heterocycles. The third-order valence-electron chi connectivity index (χ3n) is 8.08. The quantitative estimate of drug-likeness (QED) is 0.379. The maximum absolute atomic E-state index is 13.9. The summed E-state index contributed by atoms with van der Waals surface area (Å²) in [5, 5.41) is 15.6. The van der Waals surface area contributed by atoms with Crippen LogP contribution in [0.5, 0.6) is 0 Å². The number of carbonyl (C=O) groups excluding carboxylic acids is 3.